The summed E-state index contributed by atoms with van der Waals surface area (Å²) in [5.41, 5.74) is 1.89. The SMILES string of the molecule is Cc1cc(CCCCl)cc(OC(F)F)c1. The molecule has 0 amide bonds. The molecule has 1 aromatic rings. The Morgan fingerprint density at radius 2 is 2.07 bits per heavy atom. The molecule has 0 radical (unpaired) electrons. The molecule has 0 aliphatic carbocycles. The van der Waals surface area contributed by atoms with Crippen LogP contribution in [0.5, 0.6) is 5.75 Å². The molecule has 0 unspecified atom stereocenters. The summed E-state index contributed by atoms with van der Waals surface area (Å²) < 4.78 is 28.3. The van der Waals surface area contributed by atoms with E-state index in [1.165, 1.54) is 0 Å². The van der Waals surface area contributed by atoms with Crippen LogP contribution in [0.4, 0.5) is 8.78 Å². The predicted octanol–water partition coefficient (Wildman–Crippen LogP) is 3.77. The second-order valence-corrected chi connectivity index (χ2v) is 3.70. The Morgan fingerprint density at radius 1 is 1.33 bits per heavy atom. The van der Waals surface area contributed by atoms with Crippen molar-refractivity contribution in [2.45, 2.75) is 26.4 Å². The van der Waals surface area contributed by atoms with Gasteiger partial charge in [-0.3, -0.25) is 0 Å². The summed E-state index contributed by atoms with van der Waals surface area (Å²) >= 11 is 5.56. The molecule has 0 atom stereocenters. The molecule has 0 N–H and O–H groups in total. The molecule has 0 saturated heterocycles. The van der Waals surface area contributed by atoms with Gasteiger partial charge >= 0.3 is 6.61 Å². The Hall–Kier alpha value is -0.830. The fraction of sp³-hybridized carbons (Fsp3) is 0.455. The van der Waals surface area contributed by atoms with Gasteiger partial charge in [0.1, 0.15) is 5.75 Å². The zero-order valence-corrected chi connectivity index (χ0v) is 9.23. The number of ether oxygens (including phenoxy) is 1. The van der Waals surface area contributed by atoms with Gasteiger partial charge in [-0.1, -0.05) is 6.07 Å². The fourth-order valence-corrected chi connectivity index (χ4v) is 1.54. The monoisotopic (exact) mass is 234 g/mol. The predicted molar refractivity (Wildman–Crippen MR) is 56.9 cm³/mol. The van der Waals surface area contributed by atoms with Crippen molar-refractivity contribution in [1.29, 1.82) is 0 Å². The summed E-state index contributed by atoms with van der Waals surface area (Å²) in [5.74, 6) is 0.786. The van der Waals surface area contributed by atoms with Crippen molar-refractivity contribution in [3.05, 3.63) is 29.3 Å². The first kappa shape index (κ1) is 12.2. The first-order valence-corrected chi connectivity index (χ1v) is 5.26. The highest BCUT2D eigenvalue weighted by Crippen LogP contribution is 2.20. The standard InChI is InChI=1S/C11H13ClF2O/c1-8-5-9(3-2-4-12)7-10(6-8)15-11(13)14/h5-7,11H,2-4H2,1H3. The third-order valence-electron chi connectivity index (χ3n) is 1.93. The molecule has 0 heterocycles. The number of hydrogen-bond donors (Lipinski definition) is 0. The Labute approximate surface area is 93.0 Å². The van der Waals surface area contributed by atoms with Crippen LogP contribution in [0.1, 0.15) is 17.5 Å². The summed E-state index contributed by atoms with van der Waals surface area (Å²) in [6.45, 7) is -0.921. The van der Waals surface area contributed by atoms with Crippen LogP contribution in [-0.2, 0) is 6.42 Å². The van der Waals surface area contributed by atoms with Gasteiger partial charge in [-0.25, -0.2) is 0 Å². The van der Waals surface area contributed by atoms with E-state index < -0.39 is 6.61 Å². The lowest BCUT2D eigenvalue weighted by Crippen LogP contribution is -2.02. The molecule has 4 heteroatoms. The van der Waals surface area contributed by atoms with Gasteiger partial charge in [0.2, 0.25) is 0 Å². The number of aryl methyl sites for hydroxylation is 2. The van der Waals surface area contributed by atoms with Crippen molar-refractivity contribution in [1.82, 2.24) is 0 Å². The molecular weight excluding hydrogens is 222 g/mol. The second-order valence-electron chi connectivity index (χ2n) is 3.33. The smallest absolute Gasteiger partial charge is 0.387 e. The van der Waals surface area contributed by atoms with E-state index in [1.54, 1.807) is 12.1 Å². The van der Waals surface area contributed by atoms with Crippen molar-refractivity contribution in [3.8, 4) is 5.75 Å². The van der Waals surface area contributed by atoms with E-state index in [4.69, 9.17) is 11.6 Å². The highest BCUT2D eigenvalue weighted by molar-refractivity contribution is 6.17. The van der Waals surface area contributed by atoms with Crippen molar-refractivity contribution >= 4 is 11.6 Å². The minimum Gasteiger partial charge on any atom is -0.435 e. The van der Waals surface area contributed by atoms with Crippen LogP contribution in [0.15, 0.2) is 18.2 Å². The highest BCUT2D eigenvalue weighted by Gasteiger charge is 2.05. The summed E-state index contributed by atoms with van der Waals surface area (Å²) in [4.78, 5) is 0. The van der Waals surface area contributed by atoms with Gasteiger partial charge in [0, 0.05) is 5.88 Å². The third kappa shape index (κ3) is 4.47. The number of rotatable bonds is 5. The Morgan fingerprint density at radius 3 is 2.67 bits per heavy atom. The lowest BCUT2D eigenvalue weighted by molar-refractivity contribution is -0.0499. The van der Waals surface area contributed by atoms with Crippen LogP contribution in [0, 0.1) is 6.92 Å². The fourth-order valence-electron chi connectivity index (χ4n) is 1.41. The number of alkyl halides is 3. The normalized spacial score (nSPS) is 10.7. The van der Waals surface area contributed by atoms with Gasteiger partial charge < -0.3 is 4.74 Å². The van der Waals surface area contributed by atoms with Gasteiger partial charge in [0.15, 0.2) is 0 Å². The molecule has 15 heavy (non-hydrogen) atoms. The first-order chi connectivity index (χ1) is 7.11. The van der Waals surface area contributed by atoms with Crippen LogP contribution in [0.25, 0.3) is 0 Å². The van der Waals surface area contributed by atoms with Gasteiger partial charge in [-0.2, -0.15) is 8.78 Å². The van der Waals surface area contributed by atoms with Crippen molar-refractivity contribution in [2.24, 2.45) is 0 Å². The third-order valence-corrected chi connectivity index (χ3v) is 2.20. The molecule has 0 aromatic heterocycles. The van der Waals surface area contributed by atoms with E-state index in [9.17, 15) is 8.78 Å². The van der Waals surface area contributed by atoms with Crippen molar-refractivity contribution in [3.63, 3.8) is 0 Å². The van der Waals surface area contributed by atoms with Gasteiger partial charge in [-0.05, 0) is 43.0 Å². The van der Waals surface area contributed by atoms with Gasteiger partial charge in [0.05, 0.1) is 0 Å². The lowest BCUT2D eigenvalue weighted by atomic mass is 10.1. The summed E-state index contributed by atoms with van der Waals surface area (Å²) in [6.07, 6.45) is 1.61. The van der Waals surface area contributed by atoms with Crippen LogP contribution < -0.4 is 4.74 Å². The van der Waals surface area contributed by atoms with Crippen LogP contribution >= 0.6 is 11.6 Å². The Kier molecular flexibility index (Phi) is 4.82. The largest absolute Gasteiger partial charge is 0.435 e. The molecule has 1 rings (SSSR count). The summed E-state index contributed by atoms with van der Waals surface area (Å²) in [7, 11) is 0. The van der Waals surface area contributed by atoms with Crippen LogP contribution in [0.3, 0.4) is 0 Å². The molecule has 0 aliphatic rings. The zero-order valence-electron chi connectivity index (χ0n) is 8.47. The topological polar surface area (TPSA) is 9.23 Å². The maximum absolute atomic E-state index is 12.0. The molecule has 1 aromatic carbocycles. The maximum atomic E-state index is 12.0. The summed E-state index contributed by atoms with van der Waals surface area (Å²) in [5, 5.41) is 0. The lowest BCUT2D eigenvalue weighted by Gasteiger charge is -2.08. The number of hydrogen-bond acceptors (Lipinski definition) is 1. The average Bonchev–Trinajstić information content (AvgIpc) is 2.12. The Bertz CT molecular complexity index is 315. The average molecular weight is 235 g/mol. The van der Waals surface area contributed by atoms with Gasteiger partial charge in [-0.15, -0.1) is 11.6 Å². The first-order valence-electron chi connectivity index (χ1n) is 4.73. The Balaban J connectivity index is 2.75. The molecule has 84 valence electrons. The number of benzene rings is 1. The minimum absolute atomic E-state index is 0.217. The zero-order chi connectivity index (χ0) is 11.3. The van der Waals surface area contributed by atoms with Crippen LogP contribution in [0.2, 0.25) is 0 Å². The van der Waals surface area contributed by atoms with E-state index in [-0.39, 0.29) is 5.75 Å². The second kappa shape index (κ2) is 5.91. The van der Waals surface area contributed by atoms with Crippen molar-refractivity contribution in [2.75, 3.05) is 5.88 Å². The molecule has 1 nitrogen and oxygen atoms in total. The van der Waals surface area contributed by atoms with Crippen LogP contribution in [-0.4, -0.2) is 12.5 Å². The molecular formula is C11H13ClF2O. The summed E-state index contributed by atoms with van der Waals surface area (Å²) in [6, 6.07) is 5.17. The van der Waals surface area contributed by atoms with Crippen molar-refractivity contribution < 1.29 is 13.5 Å². The van der Waals surface area contributed by atoms with E-state index in [2.05, 4.69) is 4.74 Å². The minimum atomic E-state index is -2.77. The number of halogens is 3. The van der Waals surface area contributed by atoms with E-state index in [1.807, 2.05) is 13.0 Å². The maximum Gasteiger partial charge on any atom is 0.387 e. The highest BCUT2D eigenvalue weighted by atomic mass is 35.5. The molecule has 0 bridgehead atoms. The molecule has 0 saturated carbocycles. The molecule has 0 aliphatic heterocycles. The van der Waals surface area contributed by atoms with E-state index >= 15 is 0 Å². The quantitative estimate of drug-likeness (QED) is 0.705. The van der Waals surface area contributed by atoms with E-state index in [0.29, 0.717) is 5.88 Å². The molecule has 0 spiro atoms. The molecule has 0 fully saturated rings. The van der Waals surface area contributed by atoms with E-state index in [0.717, 1.165) is 24.0 Å². The van der Waals surface area contributed by atoms with Gasteiger partial charge in [0.25, 0.3) is 0 Å².